The molecule has 10 nitrogen and oxygen atoms in total. The molecule has 0 saturated heterocycles. The summed E-state index contributed by atoms with van der Waals surface area (Å²) < 4.78 is 9.65. The number of hydrogen-bond donors (Lipinski definition) is 1. The van der Waals surface area contributed by atoms with E-state index >= 15 is 0 Å². The first-order chi connectivity index (χ1) is 11.5. The highest BCUT2D eigenvalue weighted by Gasteiger charge is 2.18. The number of methoxy groups -OCH3 is 1. The van der Waals surface area contributed by atoms with Crippen LogP contribution in [0.3, 0.4) is 0 Å². The van der Waals surface area contributed by atoms with Crippen LogP contribution in [0.25, 0.3) is 0 Å². The van der Waals surface area contributed by atoms with Crippen LogP contribution in [0.1, 0.15) is 10.5 Å². The molecule has 1 aromatic carbocycles. The van der Waals surface area contributed by atoms with Crippen molar-refractivity contribution in [3.05, 3.63) is 52.6 Å². The molecule has 0 radical (unpaired) electrons. The Kier molecular flexibility index (Phi) is 5.34. The largest absolute Gasteiger partial charge is 0.496 e. The smallest absolute Gasteiger partial charge is 0.359 e. The van der Waals surface area contributed by atoms with Crippen LogP contribution in [-0.2, 0) is 9.53 Å². The first kappa shape index (κ1) is 16.8. The molecule has 1 heterocycles. The van der Waals surface area contributed by atoms with E-state index in [1.54, 1.807) is 0 Å². The maximum Gasteiger partial charge on any atom is 0.359 e. The van der Waals surface area contributed by atoms with Crippen LogP contribution in [0.15, 0.2) is 36.8 Å². The Hall–Kier alpha value is -3.56. The number of nitrogens with one attached hydrogen (secondary N) is 1. The summed E-state index contributed by atoms with van der Waals surface area (Å²) in [6, 6.07) is 3.94. The lowest BCUT2D eigenvalue weighted by atomic mass is 10.2. The number of anilines is 1. The van der Waals surface area contributed by atoms with Crippen molar-refractivity contribution in [3.8, 4) is 5.75 Å². The number of carbonyl (C=O) groups excluding carboxylic acids is 2. The third-order valence-corrected chi connectivity index (χ3v) is 2.78. The van der Waals surface area contributed by atoms with Crippen LogP contribution in [0.2, 0.25) is 0 Å². The summed E-state index contributed by atoms with van der Waals surface area (Å²) in [5, 5.41) is 13.3. The van der Waals surface area contributed by atoms with E-state index in [-0.39, 0.29) is 22.8 Å². The molecule has 0 spiro atoms. The van der Waals surface area contributed by atoms with Crippen LogP contribution in [0, 0.1) is 10.1 Å². The molecule has 1 amide bonds. The average molecular weight is 332 g/mol. The Balaban J connectivity index is 2.00. The minimum atomic E-state index is -0.831. The van der Waals surface area contributed by atoms with Gasteiger partial charge in [-0.1, -0.05) is 0 Å². The Morgan fingerprint density at radius 3 is 2.75 bits per heavy atom. The van der Waals surface area contributed by atoms with Crippen molar-refractivity contribution in [2.24, 2.45) is 0 Å². The average Bonchev–Trinajstić information content (AvgIpc) is 2.60. The Morgan fingerprint density at radius 2 is 2.12 bits per heavy atom. The number of amides is 1. The maximum absolute atomic E-state index is 11.8. The second-order valence-corrected chi connectivity index (χ2v) is 4.36. The predicted molar refractivity (Wildman–Crippen MR) is 80.6 cm³/mol. The Labute approximate surface area is 135 Å². The third kappa shape index (κ3) is 4.22. The number of benzene rings is 1. The molecule has 0 unspecified atom stereocenters. The second-order valence-electron chi connectivity index (χ2n) is 4.36. The summed E-state index contributed by atoms with van der Waals surface area (Å²) in [5.74, 6) is -1.29. The summed E-state index contributed by atoms with van der Waals surface area (Å²) in [4.78, 5) is 41.2. The highest BCUT2D eigenvalue weighted by atomic mass is 16.6. The van der Waals surface area contributed by atoms with Gasteiger partial charge in [-0.3, -0.25) is 19.9 Å². The lowest BCUT2D eigenvalue weighted by Gasteiger charge is -2.08. The van der Waals surface area contributed by atoms with Gasteiger partial charge in [-0.05, 0) is 12.1 Å². The minimum absolute atomic E-state index is 0.0404. The molecule has 0 aliphatic rings. The van der Waals surface area contributed by atoms with Crippen molar-refractivity contribution in [3.63, 3.8) is 0 Å². The summed E-state index contributed by atoms with van der Waals surface area (Å²) in [5.41, 5.74) is -0.440. The Morgan fingerprint density at radius 1 is 1.33 bits per heavy atom. The molecular formula is C14H12N4O6. The van der Waals surface area contributed by atoms with E-state index in [0.717, 1.165) is 0 Å². The number of nitrogens with zero attached hydrogens (tertiary/aromatic N) is 3. The molecule has 0 aliphatic carbocycles. The first-order valence-corrected chi connectivity index (χ1v) is 6.56. The number of ether oxygens (including phenoxy) is 2. The van der Waals surface area contributed by atoms with Gasteiger partial charge in [0, 0.05) is 12.4 Å². The number of carbonyl (C=O) groups is 2. The summed E-state index contributed by atoms with van der Waals surface area (Å²) in [6.07, 6.45) is 3.87. The number of nitro groups is 1. The second kappa shape index (κ2) is 7.63. The molecule has 1 aromatic heterocycles. The number of nitro benzene ring substituents is 1. The first-order valence-electron chi connectivity index (χ1n) is 6.56. The summed E-state index contributed by atoms with van der Waals surface area (Å²) in [6.45, 7) is -0.626. The zero-order valence-corrected chi connectivity index (χ0v) is 12.5. The highest BCUT2D eigenvalue weighted by Crippen LogP contribution is 2.28. The summed E-state index contributed by atoms with van der Waals surface area (Å²) >= 11 is 0. The minimum Gasteiger partial charge on any atom is -0.496 e. The molecule has 1 N–H and O–H groups in total. The number of hydrogen-bond acceptors (Lipinski definition) is 8. The van der Waals surface area contributed by atoms with Gasteiger partial charge in [0.05, 0.1) is 24.3 Å². The van der Waals surface area contributed by atoms with Gasteiger partial charge in [-0.25, -0.2) is 9.78 Å². The molecule has 0 aliphatic heterocycles. The lowest BCUT2D eigenvalue weighted by Crippen LogP contribution is -2.21. The van der Waals surface area contributed by atoms with E-state index in [1.807, 2.05) is 0 Å². The van der Waals surface area contributed by atoms with E-state index in [2.05, 4.69) is 15.3 Å². The van der Waals surface area contributed by atoms with Crippen LogP contribution in [0.5, 0.6) is 5.75 Å². The standard InChI is InChI=1S/C14H12N4O6/c1-23-9-2-3-10(12(6-9)18(21)22)17-13(19)8-24-14(20)11-7-15-4-5-16-11/h2-7H,8H2,1H3,(H,17,19). The molecule has 124 valence electrons. The molecule has 0 saturated carbocycles. The van der Waals surface area contributed by atoms with E-state index in [9.17, 15) is 19.7 Å². The normalized spacial score (nSPS) is 9.88. The van der Waals surface area contributed by atoms with Crippen LogP contribution < -0.4 is 10.1 Å². The van der Waals surface area contributed by atoms with Crippen molar-refractivity contribution < 1.29 is 24.0 Å². The Bertz CT molecular complexity index is 765. The zero-order valence-electron chi connectivity index (χ0n) is 12.5. The topological polar surface area (TPSA) is 134 Å². The van der Waals surface area contributed by atoms with Gasteiger partial charge < -0.3 is 14.8 Å². The number of esters is 1. The van der Waals surface area contributed by atoms with Gasteiger partial charge in [0.2, 0.25) is 0 Å². The van der Waals surface area contributed by atoms with Crippen molar-refractivity contribution in [1.29, 1.82) is 0 Å². The van der Waals surface area contributed by atoms with E-state index in [1.165, 1.54) is 43.9 Å². The van der Waals surface area contributed by atoms with Crippen LogP contribution >= 0.6 is 0 Å². The fourth-order valence-corrected chi connectivity index (χ4v) is 1.69. The SMILES string of the molecule is COc1ccc(NC(=O)COC(=O)c2cnccn2)c([N+](=O)[O-])c1. The third-order valence-electron chi connectivity index (χ3n) is 2.78. The highest BCUT2D eigenvalue weighted by molar-refractivity contribution is 5.96. The zero-order chi connectivity index (χ0) is 17.5. The fraction of sp³-hybridized carbons (Fsp3) is 0.143. The maximum atomic E-state index is 11.8. The molecule has 2 aromatic rings. The fourth-order valence-electron chi connectivity index (χ4n) is 1.69. The van der Waals surface area contributed by atoms with E-state index in [0.29, 0.717) is 0 Å². The van der Waals surface area contributed by atoms with Gasteiger partial charge in [0.15, 0.2) is 12.3 Å². The molecular weight excluding hydrogens is 320 g/mol. The van der Waals surface area contributed by atoms with Crippen LogP contribution in [0.4, 0.5) is 11.4 Å². The number of rotatable bonds is 6. The molecule has 24 heavy (non-hydrogen) atoms. The van der Waals surface area contributed by atoms with E-state index < -0.39 is 23.4 Å². The van der Waals surface area contributed by atoms with Crippen molar-refractivity contribution in [1.82, 2.24) is 9.97 Å². The monoisotopic (exact) mass is 332 g/mol. The van der Waals surface area contributed by atoms with Crippen LogP contribution in [-0.4, -0.2) is 40.5 Å². The lowest BCUT2D eigenvalue weighted by molar-refractivity contribution is -0.384. The molecule has 0 atom stereocenters. The van der Waals surface area contributed by atoms with Gasteiger partial charge in [-0.15, -0.1) is 0 Å². The molecule has 0 bridgehead atoms. The quantitative estimate of drug-likeness (QED) is 0.473. The predicted octanol–water partition coefficient (Wildman–Crippen LogP) is 1.19. The van der Waals surface area contributed by atoms with Crippen molar-refractivity contribution in [2.75, 3.05) is 19.0 Å². The van der Waals surface area contributed by atoms with Gasteiger partial charge in [-0.2, -0.15) is 0 Å². The molecule has 2 rings (SSSR count). The van der Waals surface area contributed by atoms with Crippen molar-refractivity contribution in [2.45, 2.75) is 0 Å². The summed E-state index contributed by atoms with van der Waals surface area (Å²) in [7, 11) is 1.36. The number of aromatic nitrogens is 2. The van der Waals surface area contributed by atoms with Gasteiger partial charge >= 0.3 is 5.97 Å². The van der Waals surface area contributed by atoms with Gasteiger partial charge in [0.1, 0.15) is 11.4 Å². The van der Waals surface area contributed by atoms with E-state index in [4.69, 9.17) is 9.47 Å². The van der Waals surface area contributed by atoms with Gasteiger partial charge in [0.25, 0.3) is 11.6 Å². The van der Waals surface area contributed by atoms with Crippen molar-refractivity contribution >= 4 is 23.3 Å². The molecule has 0 fully saturated rings. The molecule has 10 heteroatoms.